The molecule has 21 heavy (non-hydrogen) atoms. The maximum atomic E-state index is 12.3. The van der Waals surface area contributed by atoms with Crippen LogP contribution in [0.3, 0.4) is 0 Å². The fourth-order valence-electron chi connectivity index (χ4n) is 1.60. The van der Waals surface area contributed by atoms with Crippen LogP contribution in [-0.4, -0.2) is 44.6 Å². The van der Waals surface area contributed by atoms with E-state index in [0.29, 0.717) is 12.1 Å². The molecule has 1 aromatic rings. The summed E-state index contributed by atoms with van der Waals surface area (Å²) in [6.45, 7) is 2.11. The molecule has 0 saturated heterocycles. The third-order valence-corrected chi connectivity index (χ3v) is 4.44. The molecule has 0 aliphatic heterocycles. The van der Waals surface area contributed by atoms with Gasteiger partial charge in [-0.3, -0.25) is 4.79 Å². The number of sulfone groups is 1. The van der Waals surface area contributed by atoms with Crippen LogP contribution in [0, 0.1) is 0 Å². The zero-order valence-corrected chi connectivity index (χ0v) is 12.6. The molecule has 118 valence electrons. The number of hydrogen-bond donors (Lipinski definition) is 1. The summed E-state index contributed by atoms with van der Waals surface area (Å²) in [5, 5.41) is 0. The van der Waals surface area contributed by atoms with Gasteiger partial charge in [0.25, 0.3) is 5.91 Å². The SMILES string of the molecule is CC(CN)N(C)C(=O)c1ccc(CS(=O)(=O)C(F)F)cc1. The molecule has 2 N–H and O–H groups in total. The predicted molar refractivity (Wildman–Crippen MR) is 75.7 cm³/mol. The van der Waals surface area contributed by atoms with E-state index >= 15 is 0 Å². The fraction of sp³-hybridized carbons (Fsp3) is 0.462. The van der Waals surface area contributed by atoms with Crippen molar-refractivity contribution in [1.29, 1.82) is 0 Å². The predicted octanol–water partition coefficient (Wildman–Crippen LogP) is 1.24. The van der Waals surface area contributed by atoms with E-state index in [1.165, 1.54) is 29.2 Å². The Morgan fingerprint density at radius 2 is 1.81 bits per heavy atom. The molecule has 1 unspecified atom stereocenters. The molecule has 0 heterocycles. The number of hydrogen-bond acceptors (Lipinski definition) is 4. The summed E-state index contributed by atoms with van der Waals surface area (Å²) < 4.78 is 46.8. The number of rotatable bonds is 6. The van der Waals surface area contributed by atoms with Gasteiger partial charge in [0, 0.05) is 25.2 Å². The zero-order valence-electron chi connectivity index (χ0n) is 11.8. The van der Waals surface area contributed by atoms with Crippen molar-refractivity contribution in [3.05, 3.63) is 35.4 Å². The summed E-state index contributed by atoms with van der Waals surface area (Å²) in [4.78, 5) is 13.5. The second kappa shape index (κ2) is 6.95. The highest BCUT2D eigenvalue weighted by Crippen LogP contribution is 2.15. The number of halogens is 2. The van der Waals surface area contributed by atoms with Gasteiger partial charge in [0.1, 0.15) is 0 Å². The van der Waals surface area contributed by atoms with Gasteiger partial charge in [0.2, 0.25) is 9.84 Å². The van der Waals surface area contributed by atoms with E-state index in [1.54, 1.807) is 14.0 Å². The summed E-state index contributed by atoms with van der Waals surface area (Å²) in [5.74, 6) is -4.43. The molecule has 5 nitrogen and oxygen atoms in total. The van der Waals surface area contributed by atoms with E-state index in [0.717, 1.165) is 0 Å². The maximum absolute atomic E-state index is 12.3. The van der Waals surface area contributed by atoms with Gasteiger partial charge >= 0.3 is 5.76 Å². The number of amides is 1. The van der Waals surface area contributed by atoms with Crippen LogP contribution in [0.25, 0.3) is 0 Å². The summed E-state index contributed by atoms with van der Waals surface area (Å²) in [6, 6.07) is 5.40. The van der Waals surface area contributed by atoms with Gasteiger partial charge in [-0.15, -0.1) is 0 Å². The Hall–Kier alpha value is -1.54. The zero-order chi connectivity index (χ0) is 16.2. The van der Waals surface area contributed by atoms with Crippen molar-refractivity contribution in [2.45, 2.75) is 24.5 Å². The Kier molecular flexibility index (Phi) is 5.79. The van der Waals surface area contributed by atoms with E-state index in [-0.39, 0.29) is 17.5 Å². The first-order valence-corrected chi connectivity index (χ1v) is 7.96. The normalized spacial score (nSPS) is 13.2. The van der Waals surface area contributed by atoms with Crippen LogP contribution < -0.4 is 5.73 Å². The van der Waals surface area contributed by atoms with Gasteiger partial charge in [-0.25, -0.2) is 8.42 Å². The minimum Gasteiger partial charge on any atom is -0.338 e. The summed E-state index contributed by atoms with van der Waals surface area (Å²) in [5.41, 5.74) is 6.03. The standard InChI is InChI=1S/C13H18F2N2O3S/c1-9(7-16)17(2)12(18)11-5-3-10(4-6-11)8-21(19,20)13(14)15/h3-6,9,13H,7-8,16H2,1-2H3. The third-order valence-electron chi connectivity index (χ3n) is 3.16. The van der Waals surface area contributed by atoms with Crippen LogP contribution >= 0.6 is 0 Å². The third kappa shape index (κ3) is 4.47. The van der Waals surface area contributed by atoms with E-state index in [1.807, 2.05) is 0 Å². The molecular weight excluding hydrogens is 302 g/mol. The van der Waals surface area contributed by atoms with Crippen molar-refractivity contribution in [1.82, 2.24) is 4.90 Å². The lowest BCUT2D eigenvalue weighted by molar-refractivity contribution is 0.0748. The lowest BCUT2D eigenvalue weighted by atomic mass is 10.1. The Labute approximate surface area is 122 Å². The van der Waals surface area contributed by atoms with Crippen molar-refractivity contribution >= 4 is 15.7 Å². The molecule has 1 atom stereocenters. The van der Waals surface area contributed by atoms with Crippen molar-refractivity contribution in [2.24, 2.45) is 5.73 Å². The molecule has 0 radical (unpaired) electrons. The number of carbonyl (C=O) groups excluding carboxylic acids is 1. The Bertz CT molecular complexity index is 588. The summed E-state index contributed by atoms with van der Waals surface area (Å²) in [7, 11) is -2.86. The maximum Gasteiger partial charge on any atom is 0.337 e. The topological polar surface area (TPSA) is 80.5 Å². The number of carbonyl (C=O) groups is 1. The van der Waals surface area contributed by atoms with Crippen LogP contribution in [0.4, 0.5) is 8.78 Å². The molecule has 0 saturated carbocycles. The Balaban J connectivity index is 2.86. The second-order valence-electron chi connectivity index (χ2n) is 4.77. The molecule has 1 rings (SSSR count). The first-order valence-electron chi connectivity index (χ1n) is 6.25. The van der Waals surface area contributed by atoms with Crippen molar-refractivity contribution in [3.63, 3.8) is 0 Å². The molecule has 8 heteroatoms. The highest BCUT2D eigenvalue weighted by Gasteiger charge is 2.24. The number of likely N-dealkylation sites (N-methyl/N-ethyl adjacent to an activating group) is 1. The van der Waals surface area contributed by atoms with Gasteiger partial charge in [-0.1, -0.05) is 12.1 Å². The van der Waals surface area contributed by atoms with Crippen LogP contribution in [0.2, 0.25) is 0 Å². The smallest absolute Gasteiger partial charge is 0.337 e. The van der Waals surface area contributed by atoms with Crippen LogP contribution in [-0.2, 0) is 15.6 Å². The molecular formula is C13H18F2N2O3S. The van der Waals surface area contributed by atoms with E-state index in [2.05, 4.69) is 0 Å². The van der Waals surface area contributed by atoms with Crippen LogP contribution in [0.1, 0.15) is 22.8 Å². The van der Waals surface area contributed by atoms with Crippen molar-refractivity contribution in [3.8, 4) is 0 Å². The monoisotopic (exact) mass is 320 g/mol. The summed E-state index contributed by atoms with van der Waals surface area (Å²) in [6.07, 6.45) is 0. The lowest BCUT2D eigenvalue weighted by Crippen LogP contribution is -2.39. The van der Waals surface area contributed by atoms with Gasteiger partial charge in [0.05, 0.1) is 5.75 Å². The number of nitrogens with two attached hydrogens (primary N) is 1. The Morgan fingerprint density at radius 3 is 2.24 bits per heavy atom. The molecule has 1 aromatic carbocycles. The summed E-state index contributed by atoms with van der Waals surface area (Å²) >= 11 is 0. The van der Waals surface area contributed by atoms with E-state index in [9.17, 15) is 22.0 Å². The quantitative estimate of drug-likeness (QED) is 0.855. The molecule has 0 fully saturated rings. The van der Waals surface area contributed by atoms with Gasteiger partial charge < -0.3 is 10.6 Å². The highest BCUT2D eigenvalue weighted by atomic mass is 32.2. The molecule has 1 amide bonds. The van der Waals surface area contributed by atoms with Gasteiger partial charge in [-0.2, -0.15) is 8.78 Å². The van der Waals surface area contributed by atoms with E-state index in [4.69, 9.17) is 5.73 Å². The fourth-order valence-corrected chi connectivity index (χ4v) is 2.38. The minimum atomic E-state index is -4.46. The average Bonchev–Trinajstić information content (AvgIpc) is 2.45. The first-order chi connectivity index (χ1) is 9.69. The first kappa shape index (κ1) is 17.5. The van der Waals surface area contributed by atoms with Crippen molar-refractivity contribution < 1.29 is 22.0 Å². The lowest BCUT2D eigenvalue weighted by Gasteiger charge is -2.23. The highest BCUT2D eigenvalue weighted by molar-refractivity contribution is 7.90. The van der Waals surface area contributed by atoms with E-state index < -0.39 is 21.3 Å². The minimum absolute atomic E-state index is 0.142. The molecule has 0 aliphatic carbocycles. The number of nitrogens with zero attached hydrogens (tertiary/aromatic N) is 1. The molecule has 0 aliphatic rings. The van der Waals surface area contributed by atoms with Crippen LogP contribution in [0.5, 0.6) is 0 Å². The largest absolute Gasteiger partial charge is 0.338 e. The molecule has 0 spiro atoms. The van der Waals surface area contributed by atoms with Gasteiger partial charge in [0.15, 0.2) is 0 Å². The van der Waals surface area contributed by atoms with Crippen LogP contribution in [0.15, 0.2) is 24.3 Å². The molecule has 0 bridgehead atoms. The van der Waals surface area contributed by atoms with Crippen molar-refractivity contribution in [2.75, 3.05) is 13.6 Å². The number of alkyl halides is 2. The average molecular weight is 320 g/mol. The molecule has 0 aromatic heterocycles. The van der Waals surface area contributed by atoms with Gasteiger partial charge in [-0.05, 0) is 24.6 Å². The Morgan fingerprint density at radius 1 is 1.29 bits per heavy atom. The number of benzene rings is 1. The second-order valence-corrected chi connectivity index (χ2v) is 6.74.